The number of nitrogens with two attached hydrogens (primary N) is 1. The number of aromatic amines is 1. The first kappa shape index (κ1) is 15.8. The van der Waals surface area contributed by atoms with Crippen LogP contribution in [0.3, 0.4) is 0 Å². The normalized spacial score (nSPS) is 11.8. The molecule has 0 saturated heterocycles. The molecule has 5 heteroatoms. The highest BCUT2D eigenvalue weighted by molar-refractivity contribution is 6.03. The van der Waals surface area contributed by atoms with Gasteiger partial charge in [-0.25, -0.2) is 0 Å². The van der Waals surface area contributed by atoms with Crippen LogP contribution in [0.1, 0.15) is 37.2 Å². The number of carbonyl (C=O) groups excluding carboxylic acids is 1. The van der Waals surface area contributed by atoms with Crippen LogP contribution in [0.2, 0.25) is 0 Å². The molecule has 0 aromatic carbocycles. The van der Waals surface area contributed by atoms with Crippen LogP contribution in [-0.2, 0) is 17.6 Å². The molecule has 0 aliphatic heterocycles. The lowest BCUT2D eigenvalue weighted by atomic mass is 10.1. The van der Waals surface area contributed by atoms with E-state index in [2.05, 4.69) is 18.8 Å². The highest BCUT2D eigenvalue weighted by Gasteiger charge is 2.19. The first-order chi connectivity index (χ1) is 9.46. The number of primary amides is 1. The Balaban J connectivity index is 3.45. The Morgan fingerprint density at radius 2 is 2.10 bits per heavy atom. The van der Waals surface area contributed by atoms with E-state index in [1.165, 1.54) is 5.56 Å². The van der Waals surface area contributed by atoms with Crippen LogP contribution in [0.4, 0.5) is 0 Å². The second-order valence-electron chi connectivity index (χ2n) is 4.88. The summed E-state index contributed by atoms with van der Waals surface area (Å²) in [7, 11) is 3.59. The van der Waals surface area contributed by atoms with Gasteiger partial charge in [0.25, 0.3) is 5.91 Å². The molecule has 0 bridgehead atoms. The van der Waals surface area contributed by atoms with Gasteiger partial charge in [0, 0.05) is 19.8 Å². The zero-order valence-corrected chi connectivity index (χ0v) is 12.6. The Hall–Kier alpha value is -2.22. The molecule has 0 fully saturated rings. The van der Waals surface area contributed by atoms with E-state index in [0.717, 1.165) is 30.7 Å². The monoisotopic (exact) mass is 274 g/mol. The Morgan fingerprint density at radius 1 is 1.45 bits per heavy atom. The summed E-state index contributed by atoms with van der Waals surface area (Å²) in [5, 5.41) is 9.16. The van der Waals surface area contributed by atoms with E-state index in [9.17, 15) is 4.79 Å². The molecule has 108 valence electrons. The second kappa shape index (κ2) is 6.80. The van der Waals surface area contributed by atoms with Crippen molar-refractivity contribution < 1.29 is 4.79 Å². The largest absolute Gasteiger partial charge is 0.375 e. The van der Waals surface area contributed by atoms with Crippen molar-refractivity contribution in [2.24, 2.45) is 5.73 Å². The van der Waals surface area contributed by atoms with Crippen LogP contribution < -0.4 is 5.73 Å². The molecule has 1 heterocycles. The first-order valence-electron chi connectivity index (χ1n) is 6.78. The Morgan fingerprint density at radius 3 is 2.50 bits per heavy atom. The molecule has 0 aliphatic rings. The molecule has 20 heavy (non-hydrogen) atoms. The smallest absolute Gasteiger partial charge is 0.261 e. The predicted molar refractivity (Wildman–Crippen MR) is 79.6 cm³/mol. The van der Waals surface area contributed by atoms with Crippen molar-refractivity contribution in [3.8, 4) is 6.07 Å². The van der Waals surface area contributed by atoms with Crippen molar-refractivity contribution in [2.75, 3.05) is 14.1 Å². The van der Waals surface area contributed by atoms with Gasteiger partial charge in [-0.1, -0.05) is 20.3 Å². The molecule has 1 aromatic rings. The third kappa shape index (κ3) is 3.21. The van der Waals surface area contributed by atoms with Crippen LogP contribution in [0.25, 0.3) is 5.70 Å². The first-order valence-corrected chi connectivity index (χ1v) is 6.78. The van der Waals surface area contributed by atoms with E-state index in [1.54, 1.807) is 19.0 Å². The number of nitriles is 1. The lowest BCUT2D eigenvalue weighted by Crippen LogP contribution is -2.21. The fourth-order valence-electron chi connectivity index (χ4n) is 2.28. The van der Waals surface area contributed by atoms with Crippen molar-refractivity contribution >= 4 is 11.6 Å². The highest BCUT2D eigenvalue weighted by Crippen LogP contribution is 2.24. The number of hydrogen-bond donors (Lipinski definition) is 2. The van der Waals surface area contributed by atoms with Crippen LogP contribution in [-0.4, -0.2) is 29.9 Å². The molecule has 0 unspecified atom stereocenters. The van der Waals surface area contributed by atoms with Crippen molar-refractivity contribution in [3.63, 3.8) is 0 Å². The minimum Gasteiger partial charge on any atom is -0.375 e. The van der Waals surface area contributed by atoms with E-state index in [4.69, 9.17) is 11.0 Å². The summed E-state index contributed by atoms with van der Waals surface area (Å²) in [5.74, 6) is -0.708. The Kier molecular flexibility index (Phi) is 5.39. The van der Waals surface area contributed by atoms with Crippen LogP contribution in [0.5, 0.6) is 0 Å². The molecule has 0 radical (unpaired) electrons. The molecular weight excluding hydrogens is 252 g/mol. The van der Waals surface area contributed by atoms with Crippen LogP contribution in [0.15, 0.2) is 11.6 Å². The fraction of sp³-hybridized carbons (Fsp3) is 0.467. The van der Waals surface area contributed by atoms with Crippen LogP contribution in [0, 0.1) is 11.3 Å². The molecule has 1 amide bonds. The minimum atomic E-state index is -0.708. The molecule has 1 rings (SSSR count). The third-order valence-corrected chi connectivity index (χ3v) is 3.17. The third-order valence-electron chi connectivity index (χ3n) is 3.17. The average Bonchev–Trinajstić information content (AvgIpc) is 2.77. The van der Waals surface area contributed by atoms with Crippen molar-refractivity contribution in [3.05, 3.63) is 28.6 Å². The number of H-pyrrole nitrogens is 1. The topological polar surface area (TPSA) is 85.9 Å². The molecule has 0 atom stereocenters. The van der Waals surface area contributed by atoms with Gasteiger partial charge in [0.2, 0.25) is 0 Å². The van der Waals surface area contributed by atoms with Crippen LogP contribution >= 0.6 is 0 Å². The fourth-order valence-corrected chi connectivity index (χ4v) is 2.28. The quantitative estimate of drug-likeness (QED) is 0.612. The molecular formula is C15H22N4O. The van der Waals surface area contributed by atoms with E-state index in [-0.39, 0.29) is 5.57 Å². The van der Waals surface area contributed by atoms with Gasteiger partial charge in [-0.2, -0.15) is 5.26 Å². The lowest BCUT2D eigenvalue weighted by molar-refractivity contribution is -0.114. The molecule has 0 aliphatic carbocycles. The lowest BCUT2D eigenvalue weighted by Gasteiger charge is -2.17. The van der Waals surface area contributed by atoms with E-state index >= 15 is 0 Å². The summed E-state index contributed by atoms with van der Waals surface area (Å²) < 4.78 is 0. The summed E-state index contributed by atoms with van der Waals surface area (Å²) in [5.41, 5.74) is 8.95. The van der Waals surface area contributed by atoms with Gasteiger partial charge < -0.3 is 15.6 Å². The molecule has 5 nitrogen and oxygen atoms in total. The van der Waals surface area contributed by atoms with Gasteiger partial charge >= 0.3 is 0 Å². The van der Waals surface area contributed by atoms with Gasteiger partial charge in [-0.15, -0.1) is 0 Å². The number of nitrogens with zero attached hydrogens (tertiary/aromatic N) is 2. The standard InChI is InChI=1S/C15H22N4O/c1-5-7-12-10(6-2)8-13(18-12)14(19(3)4)11(9-16)15(17)20/h8,18H,5-7H2,1-4H3,(H2,17,20)/b14-11-. The highest BCUT2D eigenvalue weighted by atomic mass is 16.1. The number of aryl methyl sites for hydroxylation is 2. The number of amides is 1. The summed E-state index contributed by atoms with van der Waals surface area (Å²) in [6.07, 6.45) is 2.89. The number of rotatable bonds is 6. The molecule has 0 spiro atoms. The van der Waals surface area contributed by atoms with Crippen molar-refractivity contribution in [1.82, 2.24) is 9.88 Å². The maximum Gasteiger partial charge on any atom is 0.261 e. The maximum atomic E-state index is 11.4. The summed E-state index contributed by atoms with van der Waals surface area (Å²) in [6, 6.07) is 3.90. The molecule has 0 saturated carbocycles. The minimum absolute atomic E-state index is 0.0260. The van der Waals surface area contributed by atoms with Gasteiger partial charge in [-0.05, 0) is 24.5 Å². The average molecular weight is 274 g/mol. The van der Waals surface area contributed by atoms with Gasteiger partial charge in [-0.3, -0.25) is 4.79 Å². The van der Waals surface area contributed by atoms with Gasteiger partial charge in [0.05, 0.1) is 11.4 Å². The van der Waals surface area contributed by atoms with Gasteiger partial charge in [0.15, 0.2) is 0 Å². The predicted octanol–water partition coefficient (Wildman–Crippen LogP) is 1.81. The van der Waals surface area contributed by atoms with Gasteiger partial charge in [0.1, 0.15) is 11.6 Å². The number of hydrogen-bond acceptors (Lipinski definition) is 3. The van der Waals surface area contributed by atoms with E-state index < -0.39 is 5.91 Å². The van der Waals surface area contributed by atoms with E-state index in [0.29, 0.717) is 5.70 Å². The number of nitrogens with one attached hydrogen (secondary N) is 1. The van der Waals surface area contributed by atoms with E-state index in [1.807, 2.05) is 12.1 Å². The number of carbonyl (C=O) groups is 1. The zero-order valence-electron chi connectivity index (χ0n) is 12.6. The summed E-state index contributed by atoms with van der Waals surface area (Å²) in [4.78, 5) is 16.5. The van der Waals surface area contributed by atoms with Crippen molar-refractivity contribution in [2.45, 2.75) is 33.1 Å². The zero-order chi connectivity index (χ0) is 15.3. The maximum absolute atomic E-state index is 11.4. The SMILES string of the molecule is CCCc1[nH]c(/C(=C(\C#N)C(N)=O)N(C)C)cc1CC. The molecule has 3 N–H and O–H groups in total. The summed E-state index contributed by atoms with van der Waals surface area (Å²) in [6.45, 7) is 4.21. The molecule has 1 aromatic heterocycles. The Bertz CT molecular complexity index is 561. The van der Waals surface area contributed by atoms with Crippen molar-refractivity contribution in [1.29, 1.82) is 5.26 Å². The number of aromatic nitrogens is 1. The summed E-state index contributed by atoms with van der Waals surface area (Å²) >= 11 is 0. The Labute approximate surface area is 120 Å². The second-order valence-corrected chi connectivity index (χ2v) is 4.88.